The van der Waals surface area contributed by atoms with Crippen LogP contribution in [0.3, 0.4) is 0 Å². The van der Waals surface area contributed by atoms with Crippen molar-refractivity contribution >= 4 is 38.6 Å². The average molecular weight is 489 g/mol. The van der Waals surface area contributed by atoms with Crippen molar-refractivity contribution < 1.29 is 27.1 Å². The van der Waals surface area contributed by atoms with Crippen LogP contribution in [0.2, 0.25) is 0 Å². The molecule has 1 amide bonds. The van der Waals surface area contributed by atoms with Gasteiger partial charge in [0.15, 0.2) is 0 Å². The molecule has 180 valence electrons. The van der Waals surface area contributed by atoms with Crippen LogP contribution in [-0.2, 0) is 37.5 Å². The molecule has 1 aliphatic heterocycles. The molecule has 0 spiro atoms. The summed E-state index contributed by atoms with van der Waals surface area (Å²) in [6.07, 6.45) is -0.0664. The lowest BCUT2D eigenvalue weighted by atomic mass is 10.1. The summed E-state index contributed by atoms with van der Waals surface area (Å²) in [5, 5.41) is 0. The van der Waals surface area contributed by atoms with Crippen molar-refractivity contribution in [3.05, 3.63) is 54.1 Å². The van der Waals surface area contributed by atoms with Crippen LogP contribution in [-0.4, -0.2) is 54.8 Å². The van der Waals surface area contributed by atoms with E-state index in [0.717, 1.165) is 4.31 Å². The predicted molar refractivity (Wildman–Crippen MR) is 123 cm³/mol. The molecule has 1 aliphatic rings. The number of aromatic nitrogens is 2. The fourth-order valence-electron chi connectivity index (χ4n) is 4.02. The maximum absolute atomic E-state index is 14.1. The first-order chi connectivity index (χ1) is 16.1. The van der Waals surface area contributed by atoms with Gasteiger partial charge in [0.25, 0.3) is 0 Å². The number of carbonyl (C=O) groups is 2. The highest BCUT2D eigenvalue weighted by Crippen LogP contribution is 2.28. The quantitative estimate of drug-likeness (QED) is 0.474. The van der Waals surface area contributed by atoms with Crippen LogP contribution in [0.1, 0.15) is 19.2 Å². The number of aryl methyl sites for hydroxylation is 1. The molecule has 3 aromatic rings. The number of amides is 1. The fraction of sp³-hybridized carbons (Fsp3) is 0.348. The molecule has 0 saturated carbocycles. The molecule has 1 saturated heterocycles. The van der Waals surface area contributed by atoms with Gasteiger partial charge in [-0.1, -0.05) is 12.1 Å². The third kappa shape index (κ3) is 4.28. The number of halogens is 1. The Morgan fingerprint density at radius 1 is 1.24 bits per heavy atom. The molecular weight excluding hydrogens is 463 g/mol. The second kappa shape index (κ2) is 9.15. The van der Waals surface area contributed by atoms with Crippen LogP contribution in [0, 0.1) is 11.7 Å². The van der Waals surface area contributed by atoms with Crippen LogP contribution < -0.4 is 4.90 Å². The number of carbonyl (C=O) groups excluding carboxylic acids is 2. The summed E-state index contributed by atoms with van der Waals surface area (Å²) in [6.45, 7) is 2.33. The molecule has 1 aromatic heterocycles. The molecule has 0 bridgehead atoms. The van der Waals surface area contributed by atoms with E-state index in [4.69, 9.17) is 4.74 Å². The summed E-state index contributed by atoms with van der Waals surface area (Å²) in [5.41, 5.74) is 1.32. The lowest BCUT2D eigenvalue weighted by Gasteiger charge is -2.17. The molecule has 4 rings (SSSR count). The van der Waals surface area contributed by atoms with E-state index < -0.39 is 27.7 Å². The number of hydrogen-bond acceptors (Lipinski definition) is 6. The zero-order valence-electron chi connectivity index (χ0n) is 19.1. The standard InChI is InChI=1S/C23H25FN4O5S/c1-4-27-20-10-9-16(34(31,32)26(2)3)12-18(20)25-21(27)14-33-23(30)15-11-22(29)28(13-15)19-8-6-5-7-17(19)24/h5-10,12,15H,4,11,13-14H2,1-3H3. The molecule has 2 heterocycles. The van der Waals surface area contributed by atoms with Gasteiger partial charge >= 0.3 is 5.97 Å². The number of nitrogens with zero attached hydrogens (tertiary/aromatic N) is 4. The number of rotatable bonds is 7. The molecule has 11 heteroatoms. The SMILES string of the molecule is CCn1c(COC(=O)C2CC(=O)N(c3ccccc3F)C2)nc2cc(S(=O)(=O)N(C)C)ccc21. The van der Waals surface area contributed by atoms with E-state index in [1.54, 1.807) is 12.1 Å². The largest absolute Gasteiger partial charge is 0.457 e. The highest BCUT2D eigenvalue weighted by molar-refractivity contribution is 7.89. The number of sulfonamides is 1. The monoisotopic (exact) mass is 488 g/mol. The first-order valence-electron chi connectivity index (χ1n) is 10.8. The van der Waals surface area contributed by atoms with E-state index in [1.807, 2.05) is 11.5 Å². The van der Waals surface area contributed by atoms with E-state index in [0.29, 0.717) is 23.4 Å². The third-order valence-electron chi connectivity index (χ3n) is 5.84. The summed E-state index contributed by atoms with van der Waals surface area (Å²) >= 11 is 0. The number of ether oxygens (including phenoxy) is 1. The Kier molecular flexibility index (Phi) is 6.41. The smallest absolute Gasteiger partial charge is 0.311 e. The molecule has 34 heavy (non-hydrogen) atoms. The molecular formula is C23H25FN4O5S. The van der Waals surface area contributed by atoms with Crippen molar-refractivity contribution in [1.82, 2.24) is 13.9 Å². The second-order valence-electron chi connectivity index (χ2n) is 8.17. The minimum atomic E-state index is -3.62. The summed E-state index contributed by atoms with van der Waals surface area (Å²) in [7, 11) is -0.708. The lowest BCUT2D eigenvalue weighted by molar-refractivity contribution is -0.150. The second-order valence-corrected chi connectivity index (χ2v) is 10.3. The normalized spacial score (nSPS) is 16.6. The molecule has 2 aromatic carbocycles. The Hall–Kier alpha value is -3.31. The van der Waals surface area contributed by atoms with Gasteiger partial charge in [-0.2, -0.15) is 0 Å². The van der Waals surface area contributed by atoms with E-state index in [-0.39, 0.29) is 36.1 Å². The van der Waals surface area contributed by atoms with Gasteiger partial charge in [0.2, 0.25) is 15.9 Å². The molecule has 1 unspecified atom stereocenters. The van der Waals surface area contributed by atoms with Gasteiger partial charge in [0.1, 0.15) is 18.2 Å². The van der Waals surface area contributed by atoms with E-state index in [2.05, 4.69) is 4.98 Å². The molecule has 1 atom stereocenters. The molecule has 0 radical (unpaired) electrons. The van der Waals surface area contributed by atoms with Gasteiger partial charge in [-0.05, 0) is 37.3 Å². The number of esters is 1. The van der Waals surface area contributed by atoms with E-state index in [1.165, 1.54) is 49.3 Å². The third-order valence-corrected chi connectivity index (χ3v) is 7.65. The number of imidazole rings is 1. The maximum atomic E-state index is 14.1. The van der Waals surface area contributed by atoms with Gasteiger partial charge in [-0.25, -0.2) is 22.1 Å². The van der Waals surface area contributed by atoms with Gasteiger partial charge in [0, 0.05) is 33.6 Å². The Labute approximate surface area is 196 Å². The van der Waals surface area contributed by atoms with Crippen molar-refractivity contribution in [1.29, 1.82) is 0 Å². The highest BCUT2D eigenvalue weighted by Gasteiger charge is 2.37. The first kappa shape index (κ1) is 23.8. The summed E-state index contributed by atoms with van der Waals surface area (Å²) in [5.74, 6) is -1.71. The van der Waals surface area contributed by atoms with Crippen molar-refractivity contribution in [3.8, 4) is 0 Å². The Morgan fingerprint density at radius 3 is 2.65 bits per heavy atom. The van der Waals surface area contributed by atoms with Crippen LogP contribution in [0.4, 0.5) is 10.1 Å². The van der Waals surface area contributed by atoms with Crippen molar-refractivity contribution in [2.45, 2.75) is 31.4 Å². The maximum Gasteiger partial charge on any atom is 0.311 e. The molecule has 0 aliphatic carbocycles. The summed E-state index contributed by atoms with van der Waals surface area (Å²) in [6, 6.07) is 10.6. The van der Waals surface area contributed by atoms with Crippen molar-refractivity contribution in [2.24, 2.45) is 5.92 Å². The molecule has 1 fully saturated rings. The number of hydrogen-bond donors (Lipinski definition) is 0. The number of benzene rings is 2. The topological polar surface area (TPSA) is 102 Å². The Morgan fingerprint density at radius 2 is 1.97 bits per heavy atom. The molecule has 0 N–H and O–H groups in total. The number of para-hydroxylation sites is 1. The van der Waals surface area contributed by atoms with Crippen LogP contribution >= 0.6 is 0 Å². The number of anilines is 1. The van der Waals surface area contributed by atoms with Gasteiger partial charge in [0.05, 0.1) is 27.5 Å². The predicted octanol–water partition coefficient (Wildman–Crippen LogP) is 2.54. The Bertz CT molecular complexity index is 1370. The van der Waals surface area contributed by atoms with Gasteiger partial charge in [-0.15, -0.1) is 0 Å². The minimum Gasteiger partial charge on any atom is -0.457 e. The zero-order chi connectivity index (χ0) is 24.6. The molecule has 9 nitrogen and oxygen atoms in total. The Balaban J connectivity index is 1.50. The van der Waals surface area contributed by atoms with Gasteiger partial charge < -0.3 is 14.2 Å². The van der Waals surface area contributed by atoms with Crippen LogP contribution in [0.5, 0.6) is 0 Å². The minimum absolute atomic E-state index is 0.0363. The zero-order valence-corrected chi connectivity index (χ0v) is 19.9. The van der Waals surface area contributed by atoms with Crippen LogP contribution in [0.25, 0.3) is 11.0 Å². The fourth-order valence-corrected chi connectivity index (χ4v) is 4.94. The van der Waals surface area contributed by atoms with Crippen LogP contribution in [0.15, 0.2) is 47.4 Å². The van der Waals surface area contributed by atoms with E-state index in [9.17, 15) is 22.4 Å². The lowest BCUT2D eigenvalue weighted by Crippen LogP contribution is -2.27. The average Bonchev–Trinajstić information content (AvgIpc) is 3.37. The summed E-state index contributed by atoms with van der Waals surface area (Å²) in [4.78, 5) is 30.9. The highest BCUT2D eigenvalue weighted by atomic mass is 32.2. The van der Waals surface area contributed by atoms with Gasteiger partial charge in [-0.3, -0.25) is 9.59 Å². The summed E-state index contributed by atoms with van der Waals surface area (Å²) < 4.78 is 47.4. The number of fused-ring (bicyclic) bond motifs is 1. The van der Waals surface area contributed by atoms with Crippen molar-refractivity contribution in [3.63, 3.8) is 0 Å². The van der Waals surface area contributed by atoms with E-state index >= 15 is 0 Å². The van der Waals surface area contributed by atoms with Crippen molar-refractivity contribution in [2.75, 3.05) is 25.5 Å². The first-order valence-corrected chi connectivity index (χ1v) is 12.2.